The zero-order chi connectivity index (χ0) is 24.1. The Morgan fingerprint density at radius 2 is 1.52 bits per heavy atom. The molecule has 2 atom stereocenters. The van der Waals surface area contributed by atoms with E-state index in [1.165, 1.54) is 27.6 Å². The molecule has 3 heteroatoms. The highest BCUT2D eigenvalue weighted by atomic mass is 31.1. The van der Waals surface area contributed by atoms with Crippen LogP contribution in [0.4, 0.5) is 0 Å². The van der Waals surface area contributed by atoms with E-state index in [-0.39, 0.29) is 17.2 Å². The second kappa shape index (κ2) is 10.9. The van der Waals surface area contributed by atoms with Crippen LogP contribution in [0.25, 0.3) is 0 Å². The van der Waals surface area contributed by atoms with Crippen LogP contribution in [0.1, 0.15) is 75.3 Å². The van der Waals surface area contributed by atoms with Crippen molar-refractivity contribution < 1.29 is 9.84 Å². The lowest BCUT2D eigenvalue weighted by molar-refractivity contribution is 0.283. The lowest BCUT2D eigenvalue weighted by Crippen LogP contribution is -2.24. The maximum atomic E-state index is 9.96. The van der Waals surface area contributed by atoms with Crippen LogP contribution in [0.15, 0.2) is 66.7 Å². The molecule has 0 aliphatic rings. The van der Waals surface area contributed by atoms with Gasteiger partial charge >= 0.3 is 0 Å². The molecule has 2 unspecified atom stereocenters. The Morgan fingerprint density at radius 3 is 2.15 bits per heavy atom. The molecule has 0 heterocycles. The Kier molecular flexibility index (Phi) is 8.38. The van der Waals surface area contributed by atoms with Gasteiger partial charge in [-0.3, -0.25) is 0 Å². The normalized spacial score (nSPS) is 13.9. The second-order valence-corrected chi connectivity index (χ2v) is 12.1. The van der Waals surface area contributed by atoms with E-state index in [4.69, 9.17) is 4.74 Å². The van der Waals surface area contributed by atoms with Crippen LogP contribution in [-0.4, -0.2) is 5.11 Å². The number of ether oxygens (including phenoxy) is 1. The molecule has 0 aromatic heterocycles. The van der Waals surface area contributed by atoms with E-state index in [0.717, 1.165) is 24.2 Å². The highest BCUT2D eigenvalue weighted by Gasteiger charge is 2.34. The summed E-state index contributed by atoms with van der Waals surface area (Å²) in [5.74, 6) is 1.03. The minimum absolute atomic E-state index is 0.0357. The summed E-state index contributed by atoms with van der Waals surface area (Å²) < 4.78 is 6.68. The summed E-state index contributed by atoms with van der Waals surface area (Å²) in [4.78, 5) is 0. The molecule has 0 radical (unpaired) electrons. The van der Waals surface area contributed by atoms with E-state index in [9.17, 15) is 5.11 Å². The lowest BCUT2D eigenvalue weighted by Gasteiger charge is -2.35. The second-order valence-electron chi connectivity index (χ2n) is 10.2. The fourth-order valence-electron chi connectivity index (χ4n) is 4.47. The number of hydrogen-bond donors (Lipinski definition) is 1. The van der Waals surface area contributed by atoms with Gasteiger partial charge in [-0.05, 0) is 35.2 Å². The predicted molar refractivity (Wildman–Crippen MR) is 143 cm³/mol. The Bertz CT molecular complexity index is 1050. The van der Waals surface area contributed by atoms with Crippen molar-refractivity contribution in [2.45, 2.75) is 78.2 Å². The van der Waals surface area contributed by atoms with Gasteiger partial charge in [0.15, 0.2) is 0 Å². The van der Waals surface area contributed by atoms with Crippen molar-refractivity contribution in [2.75, 3.05) is 0 Å². The monoisotopic (exact) mass is 462 g/mol. The van der Waals surface area contributed by atoms with Gasteiger partial charge in [0.1, 0.15) is 12.4 Å². The highest BCUT2D eigenvalue weighted by Crippen LogP contribution is 2.51. The zero-order valence-corrected chi connectivity index (χ0v) is 22.0. The van der Waals surface area contributed by atoms with Crippen molar-refractivity contribution in [2.24, 2.45) is 0 Å². The summed E-state index contributed by atoms with van der Waals surface area (Å²) >= 11 is 0. The van der Waals surface area contributed by atoms with Gasteiger partial charge in [-0.1, -0.05) is 122 Å². The van der Waals surface area contributed by atoms with Gasteiger partial charge in [0.2, 0.25) is 0 Å². The number of aliphatic hydroxyl groups is 1. The molecule has 176 valence electrons. The largest absolute Gasteiger partial charge is 0.488 e. The van der Waals surface area contributed by atoms with Gasteiger partial charge in [0.25, 0.3) is 0 Å². The third-order valence-corrected chi connectivity index (χ3v) is 8.04. The molecule has 0 spiro atoms. The lowest BCUT2D eigenvalue weighted by atomic mass is 9.81. The van der Waals surface area contributed by atoms with Gasteiger partial charge in [-0.2, -0.15) is 0 Å². The maximum Gasteiger partial charge on any atom is 0.127 e. The van der Waals surface area contributed by atoms with E-state index in [1.807, 2.05) is 18.2 Å². The van der Waals surface area contributed by atoms with Crippen molar-refractivity contribution in [3.63, 3.8) is 0 Å². The zero-order valence-electron chi connectivity index (χ0n) is 21.0. The molecule has 0 fully saturated rings. The Morgan fingerprint density at radius 1 is 0.879 bits per heavy atom. The van der Waals surface area contributed by atoms with Crippen molar-refractivity contribution in [1.82, 2.24) is 0 Å². The van der Waals surface area contributed by atoms with Gasteiger partial charge in [0.05, 0.1) is 6.61 Å². The number of aliphatic hydroxyl groups excluding tert-OH is 1. The SMILES string of the molecule is CCCC(C)(Pc1ccccc1CO)c1cc(C)cc(C(C)(C)C)c1OCc1ccccc1. The maximum absolute atomic E-state index is 9.96. The van der Waals surface area contributed by atoms with Crippen molar-refractivity contribution >= 4 is 13.9 Å². The molecule has 0 amide bonds. The summed E-state index contributed by atoms with van der Waals surface area (Å²) in [6.45, 7) is 14.2. The first-order valence-corrected chi connectivity index (χ1v) is 13.0. The van der Waals surface area contributed by atoms with E-state index in [2.05, 4.69) is 90.1 Å². The van der Waals surface area contributed by atoms with E-state index >= 15 is 0 Å². The van der Waals surface area contributed by atoms with Crippen LogP contribution < -0.4 is 10.0 Å². The summed E-state index contributed by atoms with van der Waals surface area (Å²) in [5.41, 5.74) is 5.98. The predicted octanol–water partition coefficient (Wildman–Crippen LogP) is 7.38. The standard InChI is InChI=1S/C30H39O2P/c1-7-17-30(6,33-27-16-12-11-15-24(27)20-31)26-19-22(2)18-25(29(3,4)5)28(26)32-21-23-13-9-8-10-14-23/h8-16,18-19,31,33H,7,17,20-21H2,1-6H3. The average molecular weight is 463 g/mol. The van der Waals surface area contributed by atoms with Crippen molar-refractivity contribution in [1.29, 1.82) is 0 Å². The fourth-order valence-corrected chi connectivity index (χ4v) is 6.26. The summed E-state index contributed by atoms with van der Waals surface area (Å²) in [6, 6.07) is 23.3. The third-order valence-electron chi connectivity index (χ3n) is 6.21. The third kappa shape index (κ3) is 6.25. The summed E-state index contributed by atoms with van der Waals surface area (Å²) in [6.07, 6.45) is 2.14. The fraction of sp³-hybridized carbons (Fsp3) is 0.400. The molecule has 0 saturated carbocycles. The van der Waals surface area contributed by atoms with Crippen LogP contribution in [-0.2, 0) is 23.8 Å². The van der Waals surface area contributed by atoms with Crippen LogP contribution in [0.3, 0.4) is 0 Å². The number of hydrogen-bond acceptors (Lipinski definition) is 2. The first-order chi connectivity index (χ1) is 15.7. The van der Waals surface area contributed by atoms with Gasteiger partial charge in [0, 0.05) is 16.3 Å². The highest BCUT2D eigenvalue weighted by molar-refractivity contribution is 7.48. The number of aryl methyl sites for hydroxylation is 1. The molecule has 33 heavy (non-hydrogen) atoms. The number of rotatable bonds is 9. The minimum atomic E-state index is -0.0853. The van der Waals surface area contributed by atoms with Crippen LogP contribution in [0.5, 0.6) is 5.75 Å². The molecule has 0 aliphatic carbocycles. The molecular weight excluding hydrogens is 423 g/mol. The molecule has 3 rings (SSSR count). The quantitative estimate of drug-likeness (QED) is 0.336. The first kappa shape index (κ1) is 25.5. The minimum Gasteiger partial charge on any atom is -0.488 e. The molecule has 3 aromatic rings. The topological polar surface area (TPSA) is 29.5 Å². The first-order valence-electron chi connectivity index (χ1n) is 12.0. The van der Waals surface area contributed by atoms with Gasteiger partial charge in [-0.15, -0.1) is 0 Å². The van der Waals surface area contributed by atoms with Crippen molar-refractivity contribution in [3.8, 4) is 5.75 Å². The van der Waals surface area contributed by atoms with E-state index in [0.29, 0.717) is 15.2 Å². The summed E-state index contributed by atoms with van der Waals surface area (Å²) in [5, 5.41) is 11.1. The molecule has 0 saturated heterocycles. The smallest absolute Gasteiger partial charge is 0.127 e. The number of benzene rings is 3. The van der Waals surface area contributed by atoms with Crippen LogP contribution >= 0.6 is 8.58 Å². The summed E-state index contributed by atoms with van der Waals surface area (Å²) in [7, 11) is 0.542. The molecular formula is C30H39O2P. The van der Waals surface area contributed by atoms with E-state index in [1.54, 1.807) is 0 Å². The molecule has 3 aromatic carbocycles. The Labute approximate surface area is 202 Å². The van der Waals surface area contributed by atoms with Crippen LogP contribution in [0, 0.1) is 6.92 Å². The van der Waals surface area contributed by atoms with Gasteiger partial charge in [-0.25, -0.2) is 0 Å². The van der Waals surface area contributed by atoms with Crippen LogP contribution in [0.2, 0.25) is 0 Å². The molecule has 1 N–H and O–H groups in total. The Balaban J connectivity index is 2.15. The molecule has 0 aliphatic heterocycles. The van der Waals surface area contributed by atoms with E-state index < -0.39 is 0 Å². The Hall–Kier alpha value is -2.15. The van der Waals surface area contributed by atoms with Gasteiger partial charge < -0.3 is 9.84 Å². The molecule has 2 nitrogen and oxygen atoms in total. The van der Waals surface area contributed by atoms with Crippen molar-refractivity contribution in [3.05, 3.63) is 94.5 Å². The molecule has 0 bridgehead atoms. The average Bonchev–Trinajstić information content (AvgIpc) is 2.78.